The van der Waals surface area contributed by atoms with Crippen LogP contribution >= 0.6 is 0 Å². The first-order valence-corrected chi connectivity index (χ1v) is 8.03. The number of benzene rings is 1. The summed E-state index contributed by atoms with van der Waals surface area (Å²) in [6, 6.07) is 6.56. The molecule has 2 atom stereocenters. The van der Waals surface area contributed by atoms with E-state index in [1.54, 1.807) is 0 Å². The van der Waals surface area contributed by atoms with Crippen LogP contribution in [0.4, 0.5) is 0 Å². The van der Waals surface area contributed by atoms with Crippen molar-refractivity contribution in [2.24, 2.45) is 5.92 Å². The molecule has 0 heterocycles. The molecule has 0 spiro atoms. The van der Waals surface area contributed by atoms with Gasteiger partial charge in [-0.05, 0) is 54.7 Å². The van der Waals surface area contributed by atoms with E-state index in [4.69, 9.17) is 5.11 Å². The van der Waals surface area contributed by atoms with Crippen molar-refractivity contribution in [1.82, 2.24) is 5.32 Å². The third kappa shape index (κ3) is 4.07. The number of carbonyl (C=O) groups is 1. The van der Waals surface area contributed by atoms with Gasteiger partial charge in [0.15, 0.2) is 0 Å². The molecule has 2 rings (SSSR count). The number of carbonyl (C=O) groups excluding carboxylic acids is 1. The highest BCUT2D eigenvalue weighted by atomic mass is 16.3. The largest absolute Gasteiger partial charge is 0.394 e. The number of aliphatic hydroxyl groups excluding tert-OH is 1. The summed E-state index contributed by atoms with van der Waals surface area (Å²) in [6.07, 6.45) is 4.10. The lowest BCUT2D eigenvalue weighted by Crippen LogP contribution is -2.36. The van der Waals surface area contributed by atoms with Crippen LogP contribution in [0.25, 0.3) is 0 Å². The second kappa shape index (κ2) is 7.08. The van der Waals surface area contributed by atoms with Gasteiger partial charge in [0.05, 0.1) is 6.61 Å². The van der Waals surface area contributed by atoms with Gasteiger partial charge in [0.25, 0.3) is 0 Å². The van der Waals surface area contributed by atoms with E-state index in [9.17, 15) is 4.79 Å². The van der Waals surface area contributed by atoms with Crippen LogP contribution in [0, 0.1) is 5.92 Å². The Labute approximate surface area is 127 Å². The van der Waals surface area contributed by atoms with Crippen LogP contribution in [0.2, 0.25) is 0 Å². The van der Waals surface area contributed by atoms with Gasteiger partial charge in [-0.15, -0.1) is 0 Å². The molecule has 21 heavy (non-hydrogen) atoms. The average molecular weight is 289 g/mol. The first kappa shape index (κ1) is 16.0. The lowest BCUT2D eigenvalue weighted by atomic mass is 9.84. The van der Waals surface area contributed by atoms with Crippen molar-refractivity contribution in [1.29, 1.82) is 0 Å². The van der Waals surface area contributed by atoms with E-state index in [0.717, 1.165) is 0 Å². The monoisotopic (exact) mass is 289 g/mol. The second-order valence-corrected chi connectivity index (χ2v) is 6.59. The molecular formula is C18H27NO2. The van der Waals surface area contributed by atoms with E-state index in [-0.39, 0.29) is 24.5 Å². The molecule has 1 amide bonds. The Morgan fingerprint density at radius 3 is 2.62 bits per heavy atom. The van der Waals surface area contributed by atoms with Crippen LogP contribution in [-0.4, -0.2) is 23.7 Å². The fourth-order valence-corrected chi connectivity index (χ4v) is 3.14. The molecule has 3 nitrogen and oxygen atoms in total. The standard InChI is InChI=1S/C18H27NO2/c1-12(2)17(10-18(21)19-13(3)11-20)16-8-7-14-5-4-6-15(14)9-16/h7-9,12-13,17,20H,4-6,10-11H2,1-3H3,(H,19,21). The Balaban J connectivity index is 2.10. The topological polar surface area (TPSA) is 49.3 Å². The highest BCUT2D eigenvalue weighted by Crippen LogP contribution is 2.32. The molecule has 0 saturated carbocycles. The molecule has 3 heteroatoms. The Kier molecular flexibility index (Phi) is 5.40. The van der Waals surface area contributed by atoms with Gasteiger partial charge in [-0.25, -0.2) is 0 Å². The number of nitrogens with one attached hydrogen (secondary N) is 1. The Morgan fingerprint density at radius 1 is 1.24 bits per heavy atom. The van der Waals surface area contributed by atoms with Gasteiger partial charge in [0, 0.05) is 12.5 Å². The molecular weight excluding hydrogens is 262 g/mol. The highest BCUT2D eigenvalue weighted by Gasteiger charge is 2.22. The van der Waals surface area contributed by atoms with Gasteiger partial charge in [0.2, 0.25) is 5.91 Å². The first-order chi connectivity index (χ1) is 10.0. The van der Waals surface area contributed by atoms with Gasteiger partial charge in [-0.2, -0.15) is 0 Å². The van der Waals surface area contributed by atoms with Crippen molar-refractivity contribution in [3.05, 3.63) is 34.9 Å². The molecule has 0 saturated heterocycles. The minimum Gasteiger partial charge on any atom is -0.394 e. The minimum absolute atomic E-state index is 0.0169. The summed E-state index contributed by atoms with van der Waals surface area (Å²) in [7, 11) is 0. The quantitative estimate of drug-likeness (QED) is 0.846. The predicted molar refractivity (Wildman–Crippen MR) is 85.4 cm³/mol. The Hall–Kier alpha value is -1.35. The number of amides is 1. The van der Waals surface area contributed by atoms with E-state index in [1.165, 1.54) is 36.0 Å². The van der Waals surface area contributed by atoms with Crippen molar-refractivity contribution < 1.29 is 9.90 Å². The molecule has 2 N–H and O–H groups in total. The summed E-state index contributed by atoms with van der Waals surface area (Å²) in [4.78, 5) is 12.1. The third-order valence-electron chi connectivity index (χ3n) is 4.44. The van der Waals surface area contributed by atoms with Gasteiger partial charge >= 0.3 is 0 Å². The zero-order valence-electron chi connectivity index (χ0n) is 13.4. The van der Waals surface area contributed by atoms with Crippen LogP contribution in [0.3, 0.4) is 0 Å². The van der Waals surface area contributed by atoms with Gasteiger partial charge in [-0.1, -0.05) is 32.0 Å². The molecule has 116 valence electrons. The predicted octanol–water partition coefficient (Wildman–Crippen LogP) is 2.80. The molecule has 0 bridgehead atoms. The Morgan fingerprint density at radius 2 is 1.95 bits per heavy atom. The summed E-state index contributed by atoms with van der Waals surface area (Å²) in [5, 5.41) is 11.9. The lowest BCUT2D eigenvalue weighted by molar-refractivity contribution is -0.122. The van der Waals surface area contributed by atoms with Crippen molar-refractivity contribution in [3.8, 4) is 0 Å². The van der Waals surface area contributed by atoms with Crippen molar-refractivity contribution >= 4 is 5.91 Å². The van der Waals surface area contributed by atoms with Crippen LogP contribution in [0.15, 0.2) is 18.2 Å². The molecule has 2 unspecified atom stereocenters. The van der Waals surface area contributed by atoms with E-state index in [2.05, 4.69) is 37.4 Å². The summed E-state index contributed by atoms with van der Waals surface area (Å²) in [6.45, 7) is 6.13. The second-order valence-electron chi connectivity index (χ2n) is 6.59. The zero-order chi connectivity index (χ0) is 15.4. The molecule has 0 radical (unpaired) electrons. The zero-order valence-corrected chi connectivity index (χ0v) is 13.4. The molecule has 0 aliphatic heterocycles. The molecule has 0 aromatic heterocycles. The van der Waals surface area contributed by atoms with Gasteiger partial charge in [0.1, 0.15) is 0 Å². The summed E-state index contributed by atoms with van der Waals surface area (Å²) in [5.74, 6) is 0.678. The van der Waals surface area contributed by atoms with Crippen molar-refractivity contribution in [3.63, 3.8) is 0 Å². The van der Waals surface area contributed by atoms with Crippen LogP contribution in [0.1, 0.15) is 56.2 Å². The fraction of sp³-hybridized carbons (Fsp3) is 0.611. The van der Waals surface area contributed by atoms with Crippen LogP contribution < -0.4 is 5.32 Å². The van der Waals surface area contributed by atoms with E-state index in [0.29, 0.717) is 12.3 Å². The maximum absolute atomic E-state index is 12.1. The van der Waals surface area contributed by atoms with Crippen LogP contribution in [0.5, 0.6) is 0 Å². The minimum atomic E-state index is -0.176. The van der Waals surface area contributed by atoms with E-state index in [1.807, 2.05) is 6.92 Å². The molecule has 0 fully saturated rings. The fourth-order valence-electron chi connectivity index (χ4n) is 3.14. The van der Waals surface area contributed by atoms with E-state index < -0.39 is 0 Å². The molecule has 1 aromatic rings. The number of rotatable bonds is 6. The van der Waals surface area contributed by atoms with Crippen molar-refractivity contribution in [2.45, 2.75) is 58.4 Å². The smallest absolute Gasteiger partial charge is 0.220 e. The number of aryl methyl sites for hydroxylation is 2. The number of hydrogen-bond acceptors (Lipinski definition) is 2. The summed E-state index contributed by atoms with van der Waals surface area (Å²) < 4.78 is 0. The van der Waals surface area contributed by atoms with Crippen molar-refractivity contribution in [2.75, 3.05) is 6.61 Å². The van der Waals surface area contributed by atoms with Gasteiger partial charge < -0.3 is 10.4 Å². The number of fused-ring (bicyclic) bond motifs is 1. The number of aliphatic hydroxyl groups is 1. The summed E-state index contributed by atoms with van der Waals surface area (Å²) >= 11 is 0. The van der Waals surface area contributed by atoms with E-state index >= 15 is 0 Å². The number of hydrogen-bond donors (Lipinski definition) is 2. The third-order valence-corrected chi connectivity index (χ3v) is 4.44. The summed E-state index contributed by atoms with van der Waals surface area (Å²) in [5.41, 5.74) is 4.21. The molecule has 1 aliphatic carbocycles. The average Bonchev–Trinajstić information content (AvgIpc) is 2.91. The van der Waals surface area contributed by atoms with Gasteiger partial charge in [-0.3, -0.25) is 4.79 Å². The maximum atomic E-state index is 12.1. The molecule has 1 aromatic carbocycles. The normalized spacial score (nSPS) is 16.6. The molecule has 1 aliphatic rings. The lowest BCUT2D eigenvalue weighted by Gasteiger charge is -2.22. The SMILES string of the molecule is CC(CO)NC(=O)CC(c1ccc2c(c1)CCC2)C(C)C. The first-order valence-electron chi connectivity index (χ1n) is 8.03. The maximum Gasteiger partial charge on any atom is 0.220 e. The highest BCUT2D eigenvalue weighted by molar-refractivity contribution is 5.77. The van der Waals surface area contributed by atoms with Crippen LogP contribution in [-0.2, 0) is 17.6 Å². The Bertz CT molecular complexity index is 496.